The van der Waals surface area contributed by atoms with E-state index in [0.29, 0.717) is 13.0 Å². The Morgan fingerprint density at radius 1 is 1.18 bits per heavy atom. The Bertz CT molecular complexity index is 494. The van der Waals surface area contributed by atoms with Gasteiger partial charge in [0.15, 0.2) is 0 Å². The average Bonchev–Trinajstić information content (AvgIpc) is 2.54. The van der Waals surface area contributed by atoms with Crippen molar-refractivity contribution in [2.75, 3.05) is 6.54 Å². The molecule has 22 heavy (non-hydrogen) atoms. The highest BCUT2D eigenvalue weighted by Crippen LogP contribution is 2.24. The molecule has 1 aliphatic carbocycles. The van der Waals surface area contributed by atoms with Crippen LogP contribution in [-0.2, 0) is 16.0 Å². The summed E-state index contributed by atoms with van der Waals surface area (Å²) in [5, 5.41) is 9.16. The number of carboxylic acids is 1. The molecule has 1 atom stereocenters. The van der Waals surface area contributed by atoms with Gasteiger partial charge < -0.3 is 10.0 Å². The lowest BCUT2D eigenvalue weighted by atomic mass is 9.93. The predicted molar refractivity (Wildman–Crippen MR) is 85.5 cm³/mol. The number of carboxylic acid groups (broad SMARTS) is 1. The van der Waals surface area contributed by atoms with Crippen LogP contribution >= 0.6 is 0 Å². The van der Waals surface area contributed by atoms with Gasteiger partial charge in [-0.3, -0.25) is 9.59 Å². The molecule has 1 aromatic rings. The summed E-state index contributed by atoms with van der Waals surface area (Å²) in [4.78, 5) is 25.7. The maximum absolute atomic E-state index is 12.7. The number of carbonyl (C=O) groups excluding carboxylic acids is 1. The zero-order valence-corrected chi connectivity index (χ0v) is 13.2. The molecule has 1 amide bonds. The fourth-order valence-corrected chi connectivity index (χ4v) is 3.09. The highest BCUT2D eigenvalue weighted by Gasteiger charge is 2.28. The molecule has 1 aromatic carbocycles. The van der Waals surface area contributed by atoms with E-state index in [2.05, 4.69) is 0 Å². The van der Waals surface area contributed by atoms with E-state index < -0.39 is 11.9 Å². The van der Waals surface area contributed by atoms with Crippen LogP contribution in [-0.4, -0.2) is 34.5 Å². The third-order valence-electron chi connectivity index (χ3n) is 4.43. The Morgan fingerprint density at radius 3 is 2.41 bits per heavy atom. The predicted octanol–water partition coefficient (Wildman–Crippen LogP) is 3.11. The molecule has 1 aliphatic rings. The number of aliphatic carboxylic acids is 1. The lowest BCUT2D eigenvalue weighted by Crippen LogP contribution is -2.45. The molecule has 0 radical (unpaired) electrons. The second kappa shape index (κ2) is 7.97. The molecule has 0 aromatic heterocycles. The first-order valence-electron chi connectivity index (χ1n) is 8.14. The van der Waals surface area contributed by atoms with E-state index in [-0.39, 0.29) is 11.9 Å². The summed E-state index contributed by atoms with van der Waals surface area (Å²) in [6.07, 6.45) is 5.80. The molecule has 1 fully saturated rings. The number of rotatable bonds is 6. The number of nitrogens with zero attached hydrogens (tertiary/aromatic N) is 1. The van der Waals surface area contributed by atoms with Crippen molar-refractivity contribution in [3.05, 3.63) is 35.9 Å². The lowest BCUT2D eigenvalue weighted by Gasteiger charge is -2.35. The Morgan fingerprint density at radius 2 is 1.82 bits per heavy atom. The van der Waals surface area contributed by atoms with Crippen LogP contribution in [0.1, 0.15) is 44.6 Å². The van der Waals surface area contributed by atoms with Gasteiger partial charge in [0, 0.05) is 12.6 Å². The summed E-state index contributed by atoms with van der Waals surface area (Å²) in [6, 6.07) is 9.86. The van der Waals surface area contributed by atoms with Gasteiger partial charge in [0.1, 0.15) is 0 Å². The van der Waals surface area contributed by atoms with Crippen LogP contribution in [0.5, 0.6) is 0 Å². The van der Waals surface area contributed by atoms with Gasteiger partial charge in [-0.15, -0.1) is 0 Å². The molecular formula is C18H25NO3. The fraction of sp³-hybridized carbons (Fsp3) is 0.556. The summed E-state index contributed by atoms with van der Waals surface area (Å²) in [5.41, 5.74) is 0.983. The molecular weight excluding hydrogens is 278 g/mol. The quantitative estimate of drug-likeness (QED) is 0.878. The van der Waals surface area contributed by atoms with Gasteiger partial charge in [0.2, 0.25) is 5.91 Å². The summed E-state index contributed by atoms with van der Waals surface area (Å²) in [5.74, 6) is -1.32. The van der Waals surface area contributed by atoms with Crippen molar-refractivity contribution in [2.45, 2.75) is 51.5 Å². The van der Waals surface area contributed by atoms with Gasteiger partial charge in [0.05, 0.1) is 12.3 Å². The Hall–Kier alpha value is -1.84. The van der Waals surface area contributed by atoms with Gasteiger partial charge in [-0.25, -0.2) is 0 Å². The van der Waals surface area contributed by atoms with Crippen molar-refractivity contribution in [2.24, 2.45) is 5.92 Å². The minimum absolute atomic E-state index is 0.0474. The molecule has 4 nitrogen and oxygen atoms in total. The summed E-state index contributed by atoms with van der Waals surface area (Å²) >= 11 is 0. The van der Waals surface area contributed by atoms with Gasteiger partial charge >= 0.3 is 5.97 Å². The highest BCUT2D eigenvalue weighted by molar-refractivity contribution is 5.80. The van der Waals surface area contributed by atoms with E-state index in [1.165, 1.54) is 6.42 Å². The van der Waals surface area contributed by atoms with Crippen molar-refractivity contribution in [1.29, 1.82) is 0 Å². The van der Waals surface area contributed by atoms with Crippen LogP contribution in [0, 0.1) is 5.92 Å². The molecule has 4 heteroatoms. The number of amides is 1. The van der Waals surface area contributed by atoms with E-state index in [9.17, 15) is 9.59 Å². The van der Waals surface area contributed by atoms with Crippen LogP contribution in [0.15, 0.2) is 30.3 Å². The molecule has 0 heterocycles. The second-order valence-electron chi connectivity index (χ2n) is 6.24. The molecule has 2 rings (SSSR count). The zero-order valence-electron chi connectivity index (χ0n) is 13.2. The minimum Gasteiger partial charge on any atom is -0.481 e. The SMILES string of the molecule is CC(CN(C(=O)Cc1ccccc1)C1CCCCC1)C(=O)O. The standard InChI is InChI=1S/C18H25NO3/c1-14(18(21)22)13-19(16-10-6-3-7-11-16)17(20)12-15-8-4-2-5-9-15/h2,4-5,8-9,14,16H,3,6-7,10-13H2,1H3,(H,21,22). The van der Waals surface area contributed by atoms with E-state index in [1.807, 2.05) is 35.2 Å². The lowest BCUT2D eigenvalue weighted by molar-refractivity contribution is -0.144. The Labute approximate surface area is 132 Å². The molecule has 120 valence electrons. The molecule has 0 aliphatic heterocycles. The highest BCUT2D eigenvalue weighted by atomic mass is 16.4. The summed E-state index contributed by atoms with van der Waals surface area (Å²) in [6.45, 7) is 1.99. The van der Waals surface area contributed by atoms with Crippen molar-refractivity contribution >= 4 is 11.9 Å². The van der Waals surface area contributed by atoms with Crippen molar-refractivity contribution in [3.63, 3.8) is 0 Å². The average molecular weight is 303 g/mol. The Balaban J connectivity index is 2.08. The van der Waals surface area contributed by atoms with Crippen molar-refractivity contribution < 1.29 is 14.7 Å². The van der Waals surface area contributed by atoms with Crippen molar-refractivity contribution in [1.82, 2.24) is 4.90 Å². The monoisotopic (exact) mass is 303 g/mol. The molecule has 0 spiro atoms. The minimum atomic E-state index is -0.840. The number of benzene rings is 1. The largest absolute Gasteiger partial charge is 0.481 e. The molecule has 0 bridgehead atoms. The van der Waals surface area contributed by atoms with E-state index in [0.717, 1.165) is 31.2 Å². The summed E-state index contributed by atoms with van der Waals surface area (Å²) < 4.78 is 0. The normalized spacial score (nSPS) is 17.0. The number of carbonyl (C=O) groups is 2. The molecule has 1 N–H and O–H groups in total. The topological polar surface area (TPSA) is 57.6 Å². The first-order valence-corrected chi connectivity index (χ1v) is 8.14. The molecule has 0 saturated heterocycles. The second-order valence-corrected chi connectivity index (χ2v) is 6.24. The van der Waals surface area contributed by atoms with Gasteiger partial charge in [0.25, 0.3) is 0 Å². The molecule has 1 saturated carbocycles. The van der Waals surface area contributed by atoms with Gasteiger partial charge in [-0.1, -0.05) is 56.5 Å². The van der Waals surface area contributed by atoms with Crippen molar-refractivity contribution in [3.8, 4) is 0 Å². The fourth-order valence-electron chi connectivity index (χ4n) is 3.09. The maximum atomic E-state index is 12.7. The van der Waals surface area contributed by atoms with E-state index >= 15 is 0 Å². The smallest absolute Gasteiger partial charge is 0.308 e. The number of hydrogen-bond donors (Lipinski definition) is 1. The first kappa shape index (κ1) is 16.5. The van der Waals surface area contributed by atoms with Crippen LogP contribution in [0.2, 0.25) is 0 Å². The van der Waals surface area contributed by atoms with Crippen LogP contribution in [0.4, 0.5) is 0 Å². The number of hydrogen-bond acceptors (Lipinski definition) is 2. The third-order valence-corrected chi connectivity index (χ3v) is 4.43. The molecule has 1 unspecified atom stereocenters. The third kappa shape index (κ3) is 4.58. The first-order chi connectivity index (χ1) is 10.6. The van der Waals surface area contributed by atoms with Gasteiger partial charge in [-0.2, -0.15) is 0 Å². The van der Waals surface area contributed by atoms with Crippen LogP contribution in [0.3, 0.4) is 0 Å². The van der Waals surface area contributed by atoms with Gasteiger partial charge in [-0.05, 0) is 18.4 Å². The van der Waals surface area contributed by atoms with E-state index in [1.54, 1.807) is 6.92 Å². The van der Waals surface area contributed by atoms with Crippen LogP contribution < -0.4 is 0 Å². The van der Waals surface area contributed by atoms with E-state index in [4.69, 9.17) is 5.11 Å². The summed E-state index contributed by atoms with van der Waals surface area (Å²) in [7, 11) is 0. The maximum Gasteiger partial charge on any atom is 0.308 e. The Kier molecular flexibility index (Phi) is 5.99. The zero-order chi connectivity index (χ0) is 15.9. The van der Waals surface area contributed by atoms with Crippen LogP contribution in [0.25, 0.3) is 0 Å².